The quantitative estimate of drug-likeness (QED) is 0.769. The van der Waals surface area contributed by atoms with E-state index in [1.54, 1.807) is 0 Å². The van der Waals surface area contributed by atoms with E-state index in [4.69, 9.17) is 0 Å². The number of hydrogen-bond donors (Lipinski definition) is 0. The lowest BCUT2D eigenvalue weighted by atomic mass is 9.87. The van der Waals surface area contributed by atoms with Gasteiger partial charge in [-0.05, 0) is 50.1 Å². The van der Waals surface area contributed by atoms with Crippen LogP contribution in [0.5, 0.6) is 0 Å². The van der Waals surface area contributed by atoms with E-state index in [9.17, 15) is 4.79 Å². The standard InChI is InChI=1S/C15H28N2O/c1-12(2)14-5-7-16(8-6-14)11-15(18)17-9-4-13(3)10-17/h12-14H,4-11H2,1-3H3/t13-/m0/s1. The molecule has 0 aromatic carbocycles. The van der Waals surface area contributed by atoms with Gasteiger partial charge in [-0.3, -0.25) is 9.69 Å². The Balaban J connectivity index is 1.73. The van der Waals surface area contributed by atoms with Crippen molar-refractivity contribution < 1.29 is 4.79 Å². The van der Waals surface area contributed by atoms with E-state index < -0.39 is 0 Å². The van der Waals surface area contributed by atoms with E-state index >= 15 is 0 Å². The Morgan fingerprint density at radius 3 is 2.33 bits per heavy atom. The second-order valence-corrected chi connectivity index (χ2v) is 6.59. The molecule has 2 heterocycles. The van der Waals surface area contributed by atoms with Crippen LogP contribution in [0.1, 0.15) is 40.0 Å². The maximum Gasteiger partial charge on any atom is 0.236 e. The lowest BCUT2D eigenvalue weighted by Crippen LogP contribution is -2.43. The molecule has 2 aliphatic rings. The first-order valence-corrected chi connectivity index (χ1v) is 7.56. The highest BCUT2D eigenvalue weighted by Gasteiger charge is 2.27. The molecular formula is C15H28N2O. The molecule has 0 aromatic rings. The largest absolute Gasteiger partial charge is 0.341 e. The number of hydrogen-bond acceptors (Lipinski definition) is 2. The summed E-state index contributed by atoms with van der Waals surface area (Å²) in [5.41, 5.74) is 0. The third-order valence-electron chi connectivity index (χ3n) is 4.71. The van der Waals surface area contributed by atoms with Crippen LogP contribution in [-0.4, -0.2) is 48.4 Å². The summed E-state index contributed by atoms with van der Waals surface area (Å²) in [4.78, 5) is 16.6. The van der Waals surface area contributed by atoms with Gasteiger partial charge in [0.25, 0.3) is 0 Å². The number of carbonyl (C=O) groups is 1. The van der Waals surface area contributed by atoms with Gasteiger partial charge in [0.05, 0.1) is 6.54 Å². The monoisotopic (exact) mass is 252 g/mol. The van der Waals surface area contributed by atoms with Gasteiger partial charge in [-0.25, -0.2) is 0 Å². The van der Waals surface area contributed by atoms with Crippen LogP contribution < -0.4 is 0 Å². The van der Waals surface area contributed by atoms with Gasteiger partial charge in [-0.2, -0.15) is 0 Å². The van der Waals surface area contributed by atoms with Crippen molar-refractivity contribution in [2.24, 2.45) is 17.8 Å². The second kappa shape index (κ2) is 6.05. The van der Waals surface area contributed by atoms with Crippen molar-refractivity contribution in [3.05, 3.63) is 0 Å². The van der Waals surface area contributed by atoms with Crippen LogP contribution in [0, 0.1) is 17.8 Å². The Bertz CT molecular complexity index is 282. The fourth-order valence-electron chi connectivity index (χ4n) is 3.23. The summed E-state index contributed by atoms with van der Waals surface area (Å²) in [6.45, 7) is 11.7. The minimum Gasteiger partial charge on any atom is -0.341 e. The molecule has 0 unspecified atom stereocenters. The molecule has 0 bridgehead atoms. The third-order valence-corrected chi connectivity index (χ3v) is 4.71. The highest BCUT2D eigenvalue weighted by atomic mass is 16.2. The molecule has 18 heavy (non-hydrogen) atoms. The Hall–Kier alpha value is -0.570. The average Bonchev–Trinajstić information content (AvgIpc) is 2.76. The number of rotatable bonds is 3. The first-order chi connectivity index (χ1) is 8.56. The van der Waals surface area contributed by atoms with Crippen molar-refractivity contribution in [2.45, 2.75) is 40.0 Å². The van der Waals surface area contributed by atoms with Gasteiger partial charge < -0.3 is 4.90 Å². The van der Waals surface area contributed by atoms with Crippen LogP contribution in [0.2, 0.25) is 0 Å². The Kier molecular flexibility index (Phi) is 4.66. The SMILES string of the molecule is CC(C)C1CCN(CC(=O)N2CC[C@H](C)C2)CC1. The van der Waals surface area contributed by atoms with E-state index in [1.807, 2.05) is 0 Å². The zero-order chi connectivity index (χ0) is 13.1. The van der Waals surface area contributed by atoms with Crippen molar-refractivity contribution in [1.82, 2.24) is 9.80 Å². The lowest BCUT2D eigenvalue weighted by molar-refractivity contribution is -0.131. The molecule has 1 amide bonds. The maximum absolute atomic E-state index is 12.2. The molecule has 3 nitrogen and oxygen atoms in total. The van der Waals surface area contributed by atoms with Crippen molar-refractivity contribution in [3.63, 3.8) is 0 Å². The smallest absolute Gasteiger partial charge is 0.236 e. The van der Waals surface area contributed by atoms with E-state index in [2.05, 4.69) is 30.6 Å². The number of amides is 1. The minimum atomic E-state index is 0.349. The van der Waals surface area contributed by atoms with Gasteiger partial charge in [0.1, 0.15) is 0 Å². The van der Waals surface area contributed by atoms with E-state index in [1.165, 1.54) is 19.3 Å². The number of piperidine rings is 1. The highest BCUT2D eigenvalue weighted by Crippen LogP contribution is 2.24. The van der Waals surface area contributed by atoms with Crippen molar-refractivity contribution >= 4 is 5.91 Å². The first kappa shape index (κ1) is 13.9. The number of likely N-dealkylation sites (tertiary alicyclic amines) is 2. The zero-order valence-corrected chi connectivity index (χ0v) is 12.2. The molecule has 0 aromatic heterocycles. The number of nitrogens with zero attached hydrogens (tertiary/aromatic N) is 2. The molecular weight excluding hydrogens is 224 g/mol. The van der Waals surface area contributed by atoms with Crippen LogP contribution in [0.4, 0.5) is 0 Å². The molecule has 3 heteroatoms. The summed E-state index contributed by atoms with van der Waals surface area (Å²) < 4.78 is 0. The van der Waals surface area contributed by atoms with Crippen LogP contribution in [-0.2, 0) is 4.79 Å². The van der Waals surface area contributed by atoms with Gasteiger partial charge in [0, 0.05) is 13.1 Å². The second-order valence-electron chi connectivity index (χ2n) is 6.59. The highest BCUT2D eigenvalue weighted by molar-refractivity contribution is 5.78. The van der Waals surface area contributed by atoms with Crippen molar-refractivity contribution in [3.8, 4) is 0 Å². The zero-order valence-electron chi connectivity index (χ0n) is 12.2. The average molecular weight is 252 g/mol. The van der Waals surface area contributed by atoms with Gasteiger partial charge in [0.15, 0.2) is 0 Å². The van der Waals surface area contributed by atoms with Crippen LogP contribution in [0.3, 0.4) is 0 Å². The summed E-state index contributed by atoms with van der Waals surface area (Å²) in [6.07, 6.45) is 3.71. The fourth-order valence-corrected chi connectivity index (χ4v) is 3.23. The van der Waals surface area contributed by atoms with Gasteiger partial charge in [-0.15, -0.1) is 0 Å². The molecule has 104 valence electrons. The Morgan fingerprint density at radius 1 is 1.17 bits per heavy atom. The molecule has 2 aliphatic heterocycles. The van der Waals surface area contributed by atoms with Crippen LogP contribution in [0.25, 0.3) is 0 Å². The molecule has 0 saturated carbocycles. The molecule has 1 atom stereocenters. The minimum absolute atomic E-state index is 0.349. The molecule has 0 N–H and O–H groups in total. The van der Waals surface area contributed by atoms with E-state index in [-0.39, 0.29) is 0 Å². The molecule has 2 saturated heterocycles. The maximum atomic E-state index is 12.2. The normalized spacial score (nSPS) is 27.1. The van der Waals surface area contributed by atoms with Crippen LogP contribution in [0.15, 0.2) is 0 Å². The molecule has 2 rings (SSSR count). The first-order valence-electron chi connectivity index (χ1n) is 7.56. The van der Waals surface area contributed by atoms with Crippen LogP contribution >= 0.6 is 0 Å². The fraction of sp³-hybridized carbons (Fsp3) is 0.933. The van der Waals surface area contributed by atoms with Gasteiger partial charge in [0.2, 0.25) is 5.91 Å². The summed E-state index contributed by atoms with van der Waals surface area (Å²) in [5.74, 6) is 2.70. The molecule has 0 spiro atoms. The summed E-state index contributed by atoms with van der Waals surface area (Å²) in [5, 5.41) is 0. The van der Waals surface area contributed by atoms with Crippen molar-refractivity contribution in [1.29, 1.82) is 0 Å². The van der Waals surface area contributed by atoms with Gasteiger partial charge in [-0.1, -0.05) is 20.8 Å². The predicted molar refractivity (Wildman–Crippen MR) is 74.4 cm³/mol. The molecule has 0 radical (unpaired) electrons. The molecule has 0 aliphatic carbocycles. The van der Waals surface area contributed by atoms with Crippen molar-refractivity contribution in [2.75, 3.05) is 32.7 Å². The summed E-state index contributed by atoms with van der Waals surface area (Å²) >= 11 is 0. The topological polar surface area (TPSA) is 23.6 Å². The van der Waals surface area contributed by atoms with Gasteiger partial charge >= 0.3 is 0 Å². The molecule has 2 fully saturated rings. The van der Waals surface area contributed by atoms with E-state index in [0.717, 1.165) is 38.0 Å². The third kappa shape index (κ3) is 3.47. The van der Waals surface area contributed by atoms with E-state index in [0.29, 0.717) is 18.4 Å². The summed E-state index contributed by atoms with van der Waals surface area (Å²) in [6, 6.07) is 0. The Labute approximate surface area is 112 Å². The summed E-state index contributed by atoms with van der Waals surface area (Å²) in [7, 11) is 0. The predicted octanol–water partition coefficient (Wildman–Crippen LogP) is 2.22. The lowest BCUT2D eigenvalue weighted by Gasteiger charge is -2.34. The number of carbonyl (C=O) groups excluding carboxylic acids is 1. The Morgan fingerprint density at radius 2 is 1.83 bits per heavy atom.